The van der Waals surface area contributed by atoms with Crippen LogP contribution in [0.2, 0.25) is 0 Å². The zero-order valence-electron chi connectivity index (χ0n) is 17.0. The molecule has 3 rings (SSSR count). The highest BCUT2D eigenvalue weighted by Gasteiger charge is 2.15. The molecule has 1 aromatic carbocycles. The highest BCUT2D eigenvalue weighted by molar-refractivity contribution is 7.80. The molecule has 2 heterocycles. The first-order valence-electron chi connectivity index (χ1n) is 9.99. The van der Waals surface area contributed by atoms with Gasteiger partial charge in [0.15, 0.2) is 10.9 Å². The molecule has 1 aromatic heterocycles. The van der Waals surface area contributed by atoms with Crippen LogP contribution in [0.1, 0.15) is 37.2 Å². The summed E-state index contributed by atoms with van der Waals surface area (Å²) in [4.78, 5) is 2.42. The Kier molecular flexibility index (Phi) is 7.42. The van der Waals surface area contributed by atoms with Crippen molar-refractivity contribution in [1.29, 1.82) is 0 Å². The number of furan rings is 1. The first kappa shape index (κ1) is 20.8. The summed E-state index contributed by atoms with van der Waals surface area (Å²) in [5.74, 6) is 0.825. The maximum absolute atomic E-state index is 6.05. The Balaban J connectivity index is 1.52. The zero-order valence-corrected chi connectivity index (χ0v) is 17.8. The SMILES string of the molecule is CCc1c(/C(C)=N\NC(=S)NCCCN2CCOCC2)oc2ccc(C)cc12. The van der Waals surface area contributed by atoms with Gasteiger partial charge >= 0.3 is 0 Å². The van der Waals surface area contributed by atoms with Crippen LogP contribution in [0, 0.1) is 6.92 Å². The normalized spacial score (nSPS) is 15.8. The molecule has 1 fully saturated rings. The number of ether oxygens (including phenoxy) is 1. The monoisotopic (exact) mass is 402 g/mol. The second kappa shape index (κ2) is 10.0. The van der Waals surface area contributed by atoms with Gasteiger partial charge in [-0.3, -0.25) is 10.3 Å². The van der Waals surface area contributed by atoms with Crippen molar-refractivity contribution in [3.8, 4) is 0 Å². The van der Waals surface area contributed by atoms with Gasteiger partial charge < -0.3 is 14.5 Å². The third-order valence-corrected chi connectivity index (χ3v) is 5.23. The molecule has 1 saturated heterocycles. The molecule has 6 nitrogen and oxygen atoms in total. The average Bonchev–Trinajstić information content (AvgIpc) is 3.08. The molecule has 152 valence electrons. The van der Waals surface area contributed by atoms with E-state index in [2.05, 4.69) is 46.7 Å². The van der Waals surface area contributed by atoms with Crippen LogP contribution in [0.25, 0.3) is 11.0 Å². The van der Waals surface area contributed by atoms with Crippen LogP contribution in [0.15, 0.2) is 27.7 Å². The molecular weight excluding hydrogens is 372 g/mol. The van der Waals surface area contributed by atoms with E-state index in [1.54, 1.807) is 0 Å². The average molecular weight is 403 g/mol. The summed E-state index contributed by atoms with van der Waals surface area (Å²) >= 11 is 5.34. The Bertz CT molecular complexity index is 840. The fourth-order valence-electron chi connectivity index (χ4n) is 3.46. The third-order valence-electron chi connectivity index (χ3n) is 4.99. The fourth-order valence-corrected chi connectivity index (χ4v) is 3.61. The van der Waals surface area contributed by atoms with E-state index in [4.69, 9.17) is 21.4 Å². The Labute approximate surface area is 172 Å². The predicted octanol–water partition coefficient (Wildman–Crippen LogP) is 3.21. The molecule has 0 amide bonds. The molecule has 7 heteroatoms. The molecule has 0 unspecified atom stereocenters. The minimum atomic E-state index is 0.534. The molecule has 0 atom stereocenters. The van der Waals surface area contributed by atoms with Gasteiger partial charge in [-0.15, -0.1) is 0 Å². The Morgan fingerprint density at radius 3 is 2.82 bits per heavy atom. The lowest BCUT2D eigenvalue weighted by molar-refractivity contribution is 0.0376. The smallest absolute Gasteiger partial charge is 0.186 e. The van der Waals surface area contributed by atoms with Crippen molar-refractivity contribution in [1.82, 2.24) is 15.6 Å². The van der Waals surface area contributed by atoms with Crippen molar-refractivity contribution in [2.45, 2.75) is 33.6 Å². The number of nitrogens with one attached hydrogen (secondary N) is 2. The van der Waals surface area contributed by atoms with Gasteiger partial charge in [-0.1, -0.05) is 18.6 Å². The summed E-state index contributed by atoms with van der Waals surface area (Å²) in [6.45, 7) is 11.8. The van der Waals surface area contributed by atoms with Gasteiger partial charge in [0, 0.05) is 30.6 Å². The van der Waals surface area contributed by atoms with E-state index in [1.165, 1.54) is 11.1 Å². The molecule has 2 N–H and O–H groups in total. The van der Waals surface area contributed by atoms with Gasteiger partial charge in [0.25, 0.3) is 0 Å². The molecular formula is C21H30N4O2S. The molecule has 0 saturated carbocycles. The highest BCUT2D eigenvalue weighted by Crippen LogP contribution is 2.27. The van der Waals surface area contributed by atoms with Crippen LogP contribution in [0.5, 0.6) is 0 Å². The topological polar surface area (TPSA) is 62.0 Å². The van der Waals surface area contributed by atoms with Crippen LogP contribution in [0.3, 0.4) is 0 Å². The quantitative estimate of drug-likeness (QED) is 0.321. The lowest BCUT2D eigenvalue weighted by Gasteiger charge is -2.26. The Morgan fingerprint density at radius 1 is 1.29 bits per heavy atom. The Hall–Kier alpha value is -1.96. The number of fused-ring (bicyclic) bond motifs is 1. The van der Waals surface area contributed by atoms with Gasteiger partial charge in [-0.2, -0.15) is 5.10 Å². The molecule has 1 aliphatic rings. The first-order chi connectivity index (χ1) is 13.6. The molecule has 0 spiro atoms. The minimum absolute atomic E-state index is 0.534. The Morgan fingerprint density at radius 2 is 2.07 bits per heavy atom. The molecule has 1 aliphatic heterocycles. The summed E-state index contributed by atoms with van der Waals surface area (Å²) in [6.07, 6.45) is 1.93. The van der Waals surface area contributed by atoms with Crippen LogP contribution in [-0.2, 0) is 11.2 Å². The van der Waals surface area contributed by atoms with Crippen molar-refractivity contribution < 1.29 is 9.15 Å². The number of thiocarbonyl (C=S) groups is 1. The van der Waals surface area contributed by atoms with Gasteiger partial charge in [0.05, 0.1) is 13.2 Å². The van der Waals surface area contributed by atoms with Gasteiger partial charge in [0.2, 0.25) is 0 Å². The second-order valence-electron chi connectivity index (χ2n) is 7.14. The molecule has 28 heavy (non-hydrogen) atoms. The molecule has 2 aromatic rings. The van der Waals surface area contributed by atoms with Crippen molar-refractivity contribution in [3.63, 3.8) is 0 Å². The predicted molar refractivity (Wildman–Crippen MR) is 118 cm³/mol. The van der Waals surface area contributed by atoms with Crippen LogP contribution >= 0.6 is 12.2 Å². The van der Waals surface area contributed by atoms with Crippen molar-refractivity contribution >= 4 is 34.0 Å². The maximum atomic E-state index is 6.05. The number of morpholine rings is 1. The van der Waals surface area contributed by atoms with Gasteiger partial charge in [0.1, 0.15) is 11.3 Å². The second-order valence-corrected chi connectivity index (χ2v) is 7.54. The van der Waals surface area contributed by atoms with E-state index in [0.29, 0.717) is 5.11 Å². The van der Waals surface area contributed by atoms with Crippen LogP contribution in [0.4, 0.5) is 0 Å². The number of benzene rings is 1. The standard InChI is InChI=1S/C21H30N4O2S/c1-4-17-18-14-15(2)6-7-19(18)27-20(17)16(3)23-24-21(28)22-8-5-9-25-10-12-26-13-11-25/h6-7,14H,4-5,8-13H2,1-3H3,(H2,22,24,28)/b23-16-. The van der Waals surface area contributed by atoms with Gasteiger partial charge in [-0.05, 0) is 57.6 Å². The highest BCUT2D eigenvalue weighted by atomic mass is 32.1. The zero-order chi connectivity index (χ0) is 19.9. The van der Waals surface area contributed by atoms with Gasteiger partial charge in [-0.25, -0.2) is 0 Å². The van der Waals surface area contributed by atoms with Crippen LogP contribution < -0.4 is 10.7 Å². The fraction of sp³-hybridized carbons (Fsp3) is 0.524. The largest absolute Gasteiger partial charge is 0.454 e. The van der Waals surface area contributed by atoms with E-state index in [0.717, 1.165) is 74.7 Å². The van der Waals surface area contributed by atoms with E-state index >= 15 is 0 Å². The molecule has 0 bridgehead atoms. The number of hydrogen-bond donors (Lipinski definition) is 2. The number of nitrogens with zero attached hydrogens (tertiary/aromatic N) is 2. The lowest BCUT2D eigenvalue weighted by atomic mass is 10.0. The van der Waals surface area contributed by atoms with E-state index in [9.17, 15) is 0 Å². The number of aryl methyl sites for hydroxylation is 2. The molecule has 0 aliphatic carbocycles. The minimum Gasteiger partial charge on any atom is -0.454 e. The van der Waals surface area contributed by atoms with Crippen molar-refractivity contribution in [3.05, 3.63) is 35.1 Å². The summed E-state index contributed by atoms with van der Waals surface area (Å²) in [6, 6.07) is 6.26. The van der Waals surface area contributed by atoms with E-state index in [-0.39, 0.29) is 0 Å². The van der Waals surface area contributed by atoms with Crippen LogP contribution in [-0.4, -0.2) is 55.1 Å². The summed E-state index contributed by atoms with van der Waals surface area (Å²) in [5.41, 5.74) is 7.05. The lowest BCUT2D eigenvalue weighted by Crippen LogP contribution is -2.39. The number of hydrazone groups is 1. The number of hydrogen-bond acceptors (Lipinski definition) is 5. The summed E-state index contributed by atoms with van der Waals surface area (Å²) in [7, 11) is 0. The first-order valence-corrected chi connectivity index (χ1v) is 10.4. The summed E-state index contributed by atoms with van der Waals surface area (Å²) in [5, 5.41) is 9.34. The van der Waals surface area contributed by atoms with Crippen molar-refractivity contribution in [2.75, 3.05) is 39.4 Å². The molecule has 0 radical (unpaired) electrons. The van der Waals surface area contributed by atoms with E-state index in [1.807, 2.05) is 13.0 Å². The summed E-state index contributed by atoms with van der Waals surface area (Å²) < 4.78 is 11.4. The van der Waals surface area contributed by atoms with E-state index < -0.39 is 0 Å². The number of rotatable bonds is 7. The third kappa shape index (κ3) is 5.31. The van der Waals surface area contributed by atoms with Crippen molar-refractivity contribution in [2.24, 2.45) is 5.10 Å². The maximum Gasteiger partial charge on any atom is 0.186 e.